The Bertz CT molecular complexity index is 477. The first-order valence-corrected chi connectivity index (χ1v) is 5.82. The maximum absolute atomic E-state index is 12.6. The lowest BCUT2D eigenvalue weighted by atomic mass is 9.98. The topological polar surface area (TPSA) is 72.1 Å². The molecule has 0 bridgehead atoms. The molecule has 1 atom stereocenters. The van der Waals surface area contributed by atoms with Crippen molar-refractivity contribution >= 4 is 11.9 Å². The minimum absolute atomic E-state index is 0.0132. The molecule has 1 aliphatic rings. The van der Waals surface area contributed by atoms with E-state index in [4.69, 9.17) is 5.73 Å². The van der Waals surface area contributed by atoms with Gasteiger partial charge in [0.25, 0.3) is 0 Å². The molecule has 0 saturated carbocycles. The largest absolute Gasteiger partial charge is 0.433 e. The van der Waals surface area contributed by atoms with E-state index < -0.39 is 17.8 Å². The zero-order chi connectivity index (χ0) is 14.0. The van der Waals surface area contributed by atoms with Gasteiger partial charge in [-0.05, 0) is 18.9 Å². The molecular formula is C11H13F3N4O. The summed E-state index contributed by atoms with van der Waals surface area (Å²) in [5.74, 6) is -0.829. The standard InChI is InChI=1S/C11H13F3N4O/c12-11(13,14)8-3-4-16-10(17-8)18-5-1-2-7(6-18)9(15)19/h3-4,7H,1-2,5-6H2,(H2,15,19)/t7-/m0/s1. The minimum Gasteiger partial charge on any atom is -0.369 e. The maximum atomic E-state index is 12.6. The number of nitrogens with zero attached hydrogens (tertiary/aromatic N) is 3. The fourth-order valence-corrected chi connectivity index (χ4v) is 2.05. The van der Waals surface area contributed by atoms with Crippen molar-refractivity contribution < 1.29 is 18.0 Å². The van der Waals surface area contributed by atoms with Crippen LogP contribution in [0.5, 0.6) is 0 Å². The number of carbonyl (C=O) groups is 1. The summed E-state index contributed by atoms with van der Waals surface area (Å²) in [7, 11) is 0. The molecule has 0 spiro atoms. The van der Waals surface area contributed by atoms with Crippen molar-refractivity contribution in [3.8, 4) is 0 Å². The Kier molecular flexibility index (Phi) is 3.59. The summed E-state index contributed by atoms with van der Waals surface area (Å²) in [6.07, 6.45) is -2.12. The predicted octanol–water partition coefficient (Wildman–Crippen LogP) is 1.20. The van der Waals surface area contributed by atoms with Gasteiger partial charge in [0.2, 0.25) is 11.9 Å². The molecule has 2 heterocycles. The van der Waals surface area contributed by atoms with E-state index >= 15 is 0 Å². The van der Waals surface area contributed by atoms with Gasteiger partial charge in [-0.1, -0.05) is 0 Å². The van der Waals surface area contributed by atoms with E-state index in [1.54, 1.807) is 4.90 Å². The van der Waals surface area contributed by atoms with Crippen molar-refractivity contribution in [2.45, 2.75) is 19.0 Å². The molecule has 19 heavy (non-hydrogen) atoms. The number of alkyl halides is 3. The number of aromatic nitrogens is 2. The van der Waals surface area contributed by atoms with E-state index in [9.17, 15) is 18.0 Å². The van der Waals surface area contributed by atoms with Gasteiger partial charge >= 0.3 is 6.18 Å². The Morgan fingerprint density at radius 1 is 1.47 bits per heavy atom. The highest BCUT2D eigenvalue weighted by molar-refractivity contribution is 5.77. The zero-order valence-electron chi connectivity index (χ0n) is 10.0. The van der Waals surface area contributed by atoms with Gasteiger partial charge in [0.15, 0.2) is 0 Å². The average molecular weight is 274 g/mol. The van der Waals surface area contributed by atoms with E-state index in [1.807, 2.05) is 0 Å². The average Bonchev–Trinajstić information content (AvgIpc) is 2.38. The van der Waals surface area contributed by atoms with Crippen LogP contribution in [-0.2, 0) is 11.0 Å². The van der Waals surface area contributed by atoms with Crippen LogP contribution >= 0.6 is 0 Å². The third kappa shape index (κ3) is 3.12. The molecular weight excluding hydrogens is 261 g/mol. The molecule has 1 aromatic rings. The second kappa shape index (κ2) is 5.02. The normalized spacial score (nSPS) is 20.4. The number of nitrogens with two attached hydrogens (primary N) is 1. The summed E-state index contributed by atoms with van der Waals surface area (Å²) in [6.45, 7) is 0.779. The smallest absolute Gasteiger partial charge is 0.369 e. The zero-order valence-corrected chi connectivity index (χ0v) is 10.0. The molecule has 0 aliphatic carbocycles. The van der Waals surface area contributed by atoms with Crippen LogP contribution in [0.4, 0.5) is 19.1 Å². The van der Waals surface area contributed by atoms with Crippen molar-refractivity contribution in [2.24, 2.45) is 11.7 Å². The van der Waals surface area contributed by atoms with Gasteiger partial charge in [-0.3, -0.25) is 4.79 Å². The predicted molar refractivity (Wildman–Crippen MR) is 61.2 cm³/mol. The molecule has 104 valence electrons. The van der Waals surface area contributed by atoms with E-state index in [2.05, 4.69) is 9.97 Å². The molecule has 1 aromatic heterocycles. The number of carbonyl (C=O) groups excluding carboxylic acids is 1. The second-order valence-corrected chi connectivity index (χ2v) is 4.43. The Morgan fingerprint density at radius 3 is 2.84 bits per heavy atom. The number of hydrogen-bond acceptors (Lipinski definition) is 4. The Balaban J connectivity index is 2.20. The highest BCUT2D eigenvalue weighted by atomic mass is 19.4. The van der Waals surface area contributed by atoms with E-state index in [1.165, 1.54) is 0 Å². The Hall–Kier alpha value is -1.86. The van der Waals surface area contributed by atoms with E-state index in [0.717, 1.165) is 12.3 Å². The van der Waals surface area contributed by atoms with Crippen molar-refractivity contribution in [3.05, 3.63) is 18.0 Å². The molecule has 1 fully saturated rings. The molecule has 0 aromatic carbocycles. The van der Waals surface area contributed by atoms with Gasteiger partial charge in [0, 0.05) is 19.3 Å². The number of hydrogen-bond donors (Lipinski definition) is 1. The molecule has 1 aliphatic heterocycles. The van der Waals surface area contributed by atoms with Gasteiger partial charge in [-0.25, -0.2) is 9.97 Å². The first-order chi connectivity index (χ1) is 8.88. The molecule has 5 nitrogen and oxygen atoms in total. The van der Waals surface area contributed by atoms with Gasteiger partial charge in [-0.15, -0.1) is 0 Å². The number of halogens is 3. The maximum Gasteiger partial charge on any atom is 0.433 e. The molecule has 0 radical (unpaired) electrons. The van der Waals surface area contributed by atoms with Crippen LogP contribution in [0, 0.1) is 5.92 Å². The van der Waals surface area contributed by atoms with Crippen LogP contribution in [0.15, 0.2) is 12.3 Å². The summed E-state index contributed by atoms with van der Waals surface area (Å²) >= 11 is 0. The molecule has 2 N–H and O–H groups in total. The quantitative estimate of drug-likeness (QED) is 0.879. The number of rotatable bonds is 2. The fraction of sp³-hybridized carbons (Fsp3) is 0.545. The molecule has 8 heteroatoms. The third-order valence-electron chi connectivity index (χ3n) is 3.04. The number of primary amides is 1. The number of piperidine rings is 1. The monoisotopic (exact) mass is 274 g/mol. The van der Waals surface area contributed by atoms with Crippen molar-refractivity contribution in [1.29, 1.82) is 0 Å². The van der Waals surface area contributed by atoms with Crippen molar-refractivity contribution in [3.63, 3.8) is 0 Å². The summed E-state index contributed by atoms with van der Waals surface area (Å²) in [5, 5.41) is 0. The van der Waals surface area contributed by atoms with Crippen LogP contribution in [0.25, 0.3) is 0 Å². The van der Waals surface area contributed by atoms with Crippen LogP contribution in [-0.4, -0.2) is 29.0 Å². The fourth-order valence-electron chi connectivity index (χ4n) is 2.05. The minimum atomic E-state index is -4.50. The number of amides is 1. The van der Waals surface area contributed by atoms with Crippen molar-refractivity contribution in [1.82, 2.24) is 9.97 Å². The van der Waals surface area contributed by atoms with Crippen LogP contribution in [0.1, 0.15) is 18.5 Å². The van der Waals surface area contributed by atoms with E-state index in [-0.39, 0.29) is 18.4 Å². The van der Waals surface area contributed by atoms with Crippen LogP contribution in [0.3, 0.4) is 0 Å². The molecule has 2 rings (SSSR count). The summed E-state index contributed by atoms with van der Waals surface area (Å²) < 4.78 is 37.7. The van der Waals surface area contributed by atoms with Gasteiger partial charge < -0.3 is 10.6 Å². The Morgan fingerprint density at radius 2 is 2.21 bits per heavy atom. The molecule has 1 amide bonds. The molecule has 1 saturated heterocycles. The second-order valence-electron chi connectivity index (χ2n) is 4.43. The molecule has 0 unspecified atom stereocenters. The number of anilines is 1. The van der Waals surface area contributed by atoms with Crippen LogP contribution in [0.2, 0.25) is 0 Å². The first-order valence-electron chi connectivity index (χ1n) is 5.82. The Labute approximate surface area is 107 Å². The summed E-state index contributed by atoms with van der Waals surface area (Å²) in [4.78, 5) is 20.0. The van der Waals surface area contributed by atoms with Crippen LogP contribution < -0.4 is 10.6 Å². The third-order valence-corrected chi connectivity index (χ3v) is 3.04. The van der Waals surface area contributed by atoms with Gasteiger partial charge in [0.1, 0.15) is 5.69 Å². The lowest BCUT2D eigenvalue weighted by Gasteiger charge is -2.31. The summed E-state index contributed by atoms with van der Waals surface area (Å²) in [5.41, 5.74) is 4.23. The highest BCUT2D eigenvalue weighted by Gasteiger charge is 2.34. The van der Waals surface area contributed by atoms with Gasteiger partial charge in [-0.2, -0.15) is 13.2 Å². The highest BCUT2D eigenvalue weighted by Crippen LogP contribution is 2.29. The lowest BCUT2D eigenvalue weighted by Crippen LogP contribution is -2.42. The lowest BCUT2D eigenvalue weighted by molar-refractivity contribution is -0.141. The van der Waals surface area contributed by atoms with E-state index in [0.29, 0.717) is 19.4 Å². The first kappa shape index (κ1) is 13.6. The van der Waals surface area contributed by atoms with Crippen molar-refractivity contribution in [2.75, 3.05) is 18.0 Å². The summed E-state index contributed by atoms with van der Waals surface area (Å²) in [6, 6.07) is 0.818. The van der Waals surface area contributed by atoms with Gasteiger partial charge in [0.05, 0.1) is 5.92 Å². The SMILES string of the molecule is NC(=O)[C@H]1CCCN(c2nccc(C(F)(F)F)n2)C1.